The van der Waals surface area contributed by atoms with Crippen LogP contribution in [0.5, 0.6) is 0 Å². The molecule has 1 saturated heterocycles. The highest BCUT2D eigenvalue weighted by molar-refractivity contribution is 6.55. The minimum Gasteiger partial charge on any atom is -0.425 e. The topological polar surface area (TPSA) is 38.7 Å². The van der Waals surface area contributed by atoms with Crippen molar-refractivity contribution in [3.63, 3.8) is 0 Å². The van der Waals surface area contributed by atoms with Crippen LogP contribution in [0.15, 0.2) is 30.3 Å². The van der Waals surface area contributed by atoms with Crippen LogP contribution in [-0.4, -0.2) is 23.3 Å². The summed E-state index contributed by atoms with van der Waals surface area (Å²) >= 11 is 0. The molecular formula is C25H43BO3. The average Bonchev–Trinajstić information content (AvgIpc) is 2.92. The van der Waals surface area contributed by atoms with Gasteiger partial charge < -0.3 is 14.5 Å². The van der Waals surface area contributed by atoms with E-state index in [1.807, 2.05) is 30.3 Å². The Morgan fingerprint density at radius 2 is 1.62 bits per heavy atom. The Hall–Kier alpha value is -0.835. The van der Waals surface area contributed by atoms with Gasteiger partial charge in [-0.3, -0.25) is 0 Å². The van der Waals surface area contributed by atoms with Gasteiger partial charge in [-0.05, 0) is 55.8 Å². The highest BCUT2D eigenvalue weighted by atomic mass is 16.6. The minimum absolute atomic E-state index is 0.0126. The molecule has 2 atom stereocenters. The lowest BCUT2D eigenvalue weighted by molar-refractivity contribution is -0.170. The number of hydrogen-bond acceptors (Lipinski definition) is 3. The predicted octanol–water partition coefficient (Wildman–Crippen LogP) is 6.50. The highest BCUT2D eigenvalue weighted by Crippen LogP contribution is 2.49. The standard InChI is InChI=1S/C25H43BO3/c1-8-21(9-2)22(10-3)16-17-25(27,28-18-20-14-12-11-13-15-20)26-19-23(4,5)24(6,7)29-26/h11-15,21-22,27H,8-10,16-19H2,1-7H3/t22-,25?/m1/s1. The molecule has 0 spiro atoms. The third-order valence-electron chi connectivity index (χ3n) is 7.71. The fourth-order valence-electron chi connectivity index (χ4n) is 4.75. The molecule has 1 unspecified atom stereocenters. The Balaban J connectivity index is 2.18. The molecule has 1 aliphatic rings. The second-order valence-electron chi connectivity index (χ2n) is 10.1. The molecule has 164 valence electrons. The van der Waals surface area contributed by atoms with E-state index in [0.717, 1.165) is 24.7 Å². The summed E-state index contributed by atoms with van der Waals surface area (Å²) in [5.74, 6) is 1.31. The van der Waals surface area contributed by atoms with Gasteiger partial charge in [0.05, 0.1) is 12.2 Å². The maximum atomic E-state index is 11.8. The zero-order chi connectivity index (χ0) is 21.7. The summed E-state index contributed by atoms with van der Waals surface area (Å²) in [6.45, 7) is 15.6. The molecule has 0 aliphatic carbocycles. The van der Waals surface area contributed by atoms with Crippen molar-refractivity contribution in [2.24, 2.45) is 17.3 Å². The fraction of sp³-hybridized carbons (Fsp3) is 0.760. The lowest BCUT2D eigenvalue weighted by Gasteiger charge is -2.36. The monoisotopic (exact) mass is 402 g/mol. The summed E-state index contributed by atoms with van der Waals surface area (Å²) in [5, 5.41) is 11.8. The summed E-state index contributed by atoms with van der Waals surface area (Å²) < 4.78 is 12.7. The van der Waals surface area contributed by atoms with Gasteiger partial charge in [0.1, 0.15) is 0 Å². The van der Waals surface area contributed by atoms with Gasteiger partial charge >= 0.3 is 6.92 Å². The Bertz CT molecular complexity index is 596. The van der Waals surface area contributed by atoms with Crippen molar-refractivity contribution in [1.82, 2.24) is 0 Å². The van der Waals surface area contributed by atoms with Gasteiger partial charge in [-0.15, -0.1) is 0 Å². The number of hydrogen-bond donors (Lipinski definition) is 1. The molecule has 0 amide bonds. The van der Waals surface area contributed by atoms with Crippen LogP contribution in [0.25, 0.3) is 0 Å². The Morgan fingerprint density at radius 1 is 1.03 bits per heavy atom. The van der Waals surface area contributed by atoms with Crippen LogP contribution in [0.3, 0.4) is 0 Å². The first kappa shape index (κ1) is 24.4. The number of rotatable bonds is 11. The average molecular weight is 402 g/mol. The van der Waals surface area contributed by atoms with Crippen LogP contribution >= 0.6 is 0 Å². The molecule has 0 bridgehead atoms. The van der Waals surface area contributed by atoms with Gasteiger partial charge in [-0.25, -0.2) is 0 Å². The summed E-state index contributed by atoms with van der Waals surface area (Å²) in [6.07, 6.45) is 5.91. The van der Waals surface area contributed by atoms with Crippen LogP contribution < -0.4 is 0 Å². The molecule has 0 aromatic heterocycles. The number of benzene rings is 1. The molecule has 1 aliphatic heterocycles. The molecule has 29 heavy (non-hydrogen) atoms. The zero-order valence-corrected chi connectivity index (χ0v) is 19.8. The normalized spacial score (nSPS) is 21.3. The van der Waals surface area contributed by atoms with E-state index in [-0.39, 0.29) is 17.9 Å². The highest BCUT2D eigenvalue weighted by Gasteiger charge is 2.57. The molecule has 0 saturated carbocycles. The van der Waals surface area contributed by atoms with Crippen molar-refractivity contribution in [1.29, 1.82) is 0 Å². The predicted molar refractivity (Wildman–Crippen MR) is 123 cm³/mol. The maximum absolute atomic E-state index is 11.8. The van der Waals surface area contributed by atoms with Crippen LogP contribution in [-0.2, 0) is 16.0 Å². The maximum Gasteiger partial charge on any atom is 0.360 e. The first-order chi connectivity index (χ1) is 13.6. The first-order valence-corrected chi connectivity index (χ1v) is 11.7. The molecule has 4 heteroatoms. The van der Waals surface area contributed by atoms with E-state index >= 15 is 0 Å². The minimum atomic E-state index is -1.26. The molecular weight excluding hydrogens is 359 g/mol. The van der Waals surface area contributed by atoms with Crippen molar-refractivity contribution in [2.75, 3.05) is 0 Å². The van der Waals surface area contributed by atoms with Gasteiger partial charge in [-0.1, -0.05) is 84.2 Å². The number of ether oxygens (including phenoxy) is 1. The van der Waals surface area contributed by atoms with E-state index in [1.54, 1.807) is 0 Å². The van der Waals surface area contributed by atoms with Gasteiger partial charge in [-0.2, -0.15) is 0 Å². The Kier molecular flexibility index (Phi) is 8.41. The molecule has 1 aromatic rings. The third-order valence-corrected chi connectivity index (χ3v) is 7.71. The molecule has 1 heterocycles. The van der Waals surface area contributed by atoms with E-state index in [4.69, 9.17) is 9.39 Å². The van der Waals surface area contributed by atoms with Gasteiger partial charge in [0.2, 0.25) is 0 Å². The van der Waals surface area contributed by atoms with Crippen molar-refractivity contribution >= 4 is 6.92 Å². The fourth-order valence-corrected chi connectivity index (χ4v) is 4.75. The van der Waals surface area contributed by atoms with Crippen LogP contribution in [0.1, 0.15) is 86.1 Å². The lowest BCUT2D eigenvalue weighted by Crippen LogP contribution is -2.49. The molecule has 1 aromatic carbocycles. The van der Waals surface area contributed by atoms with Crippen LogP contribution in [0.4, 0.5) is 0 Å². The van der Waals surface area contributed by atoms with Crippen molar-refractivity contribution in [2.45, 2.75) is 105 Å². The number of aliphatic hydroxyl groups is 1. The van der Waals surface area contributed by atoms with E-state index in [9.17, 15) is 5.11 Å². The first-order valence-electron chi connectivity index (χ1n) is 11.7. The van der Waals surface area contributed by atoms with Crippen molar-refractivity contribution < 1.29 is 14.5 Å². The molecule has 1 N–H and O–H groups in total. The second-order valence-corrected chi connectivity index (χ2v) is 10.1. The Labute approximate surface area is 179 Å². The summed E-state index contributed by atoms with van der Waals surface area (Å²) in [4.78, 5) is 0. The molecule has 3 nitrogen and oxygen atoms in total. The molecule has 0 radical (unpaired) electrons. The van der Waals surface area contributed by atoms with Crippen molar-refractivity contribution in [3.8, 4) is 0 Å². The Morgan fingerprint density at radius 3 is 2.10 bits per heavy atom. The lowest BCUT2D eigenvalue weighted by atomic mass is 9.51. The van der Waals surface area contributed by atoms with Crippen molar-refractivity contribution in [3.05, 3.63) is 35.9 Å². The third kappa shape index (κ3) is 5.86. The van der Waals surface area contributed by atoms with Gasteiger partial charge in [0, 0.05) is 0 Å². The largest absolute Gasteiger partial charge is 0.425 e. The summed E-state index contributed by atoms with van der Waals surface area (Å²) in [7, 11) is 0. The quantitative estimate of drug-likeness (QED) is 0.339. The summed E-state index contributed by atoms with van der Waals surface area (Å²) in [5.41, 5.74) is -0.488. The molecule has 2 rings (SSSR count). The van der Waals surface area contributed by atoms with E-state index in [2.05, 4.69) is 48.5 Å². The van der Waals surface area contributed by atoms with E-state index < -0.39 is 5.69 Å². The van der Waals surface area contributed by atoms with E-state index in [1.165, 1.54) is 12.8 Å². The molecule has 1 fully saturated rings. The van der Waals surface area contributed by atoms with E-state index in [0.29, 0.717) is 24.9 Å². The van der Waals surface area contributed by atoms with Gasteiger partial charge in [0.15, 0.2) is 5.69 Å². The van der Waals surface area contributed by atoms with Crippen LogP contribution in [0, 0.1) is 17.3 Å². The smallest absolute Gasteiger partial charge is 0.360 e. The van der Waals surface area contributed by atoms with Crippen LogP contribution in [0.2, 0.25) is 6.32 Å². The zero-order valence-electron chi connectivity index (χ0n) is 19.8. The second kappa shape index (κ2) is 9.98. The summed E-state index contributed by atoms with van der Waals surface area (Å²) in [6, 6.07) is 10.1. The van der Waals surface area contributed by atoms with Gasteiger partial charge in [0.25, 0.3) is 0 Å². The SMILES string of the molecule is CCC(CC)[C@H](CC)CCC(O)(OCc1ccccc1)B1CC(C)(C)C(C)(C)O1.